The van der Waals surface area contributed by atoms with Crippen LogP contribution in [0, 0.1) is 6.15 Å². The van der Waals surface area contributed by atoms with Crippen LogP contribution in [0.2, 0.25) is 0 Å². The quantitative estimate of drug-likeness (QED) is 0.281. The van der Waals surface area contributed by atoms with E-state index in [0.717, 1.165) is 0 Å². The van der Waals surface area contributed by atoms with E-state index in [1.807, 2.05) is 0 Å². The second-order valence-corrected chi connectivity index (χ2v) is 0. The van der Waals surface area contributed by atoms with Crippen LogP contribution in [0.1, 0.15) is 0 Å². The Balaban J connectivity index is -0.00000000500. The average Bonchev–Trinajstić information content (AvgIpc) is 1.00. The van der Waals surface area contributed by atoms with Crippen molar-refractivity contribution in [2.45, 2.75) is 0 Å². The molecule has 0 fully saturated rings. The van der Waals surface area contributed by atoms with Gasteiger partial charge in [0.15, 0.2) is 0 Å². The van der Waals surface area contributed by atoms with Gasteiger partial charge in [-0.25, -0.2) is 0 Å². The van der Waals surface area contributed by atoms with E-state index < -0.39 is 0 Å². The van der Waals surface area contributed by atoms with Crippen LogP contribution in [0.25, 0.3) is 0 Å². The first-order valence-electron chi connectivity index (χ1n) is 0.200. The second kappa shape index (κ2) is 201. The molecule has 0 bridgehead atoms. The Kier molecular flexibility index (Phi) is 2380. The van der Waals surface area contributed by atoms with E-state index in [9.17, 15) is 0 Å². The van der Waals surface area contributed by atoms with E-state index in [-0.39, 0.29) is 11.6 Å². The van der Waals surface area contributed by atoms with E-state index in [0.29, 0.717) is 0 Å². The van der Waals surface area contributed by atoms with Gasteiger partial charge in [-0.05, 0) is 0 Å². The first kappa shape index (κ1) is 47.3. The fourth-order valence-electron chi connectivity index (χ4n) is 0. The van der Waals surface area contributed by atoms with Crippen LogP contribution in [-0.4, -0.2) is 16.0 Å². The maximum Gasteiger partial charge on any atom is 0 e. The molecule has 0 aromatic rings. The van der Waals surface area contributed by atoms with Crippen molar-refractivity contribution in [1.82, 2.24) is 0 Å². The molecule has 0 spiro atoms. The van der Waals surface area contributed by atoms with E-state index in [2.05, 4.69) is 0 Å². The summed E-state index contributed by atoms with van der Waals surface area (Å²) >= 11 is 0. The fraction of sp³-hybridized carbons (Fsp3) is 0. The third-order valence-corrected chi connectivity index (χ3v) is 0. The van der Waals surface area contributed by atoms with E-state index in [4.69, 9.17) is 10.5 Å². The molecule has 0 aromatic heterocycles. The first-order chi connectivity index (χ1) is 1.00. The van der Waals surface area contributed by atoms with E-state index in [1.165, 1.54) is 0 Å². The van der Waals surface area contributed by atoms with Gasteiger partial charge in [-0.3, -0.25) is 10.5 Å². The van der Waals surface area contributed by atoms with Gasteiger partial charge in [-0.1, -0.05) is 0 Å². The third kappa shape index (κ3) is 25.0. The molecular formula is H4HeO3. The molecule has 0 aliphatic carbocycles. The summed E-state index contributed by atoms with van der Waals surface area (Å²) < 4.78 is 0. The molecule has 3 nitrogen and oxygen atoms in total. The molecule has 0 heterocycles. The molecule has 0 saturated heterocycles. The maximum absolute atomic E-state index is 6.00. The molecule has 4 heavy (non-hydrogen) atoms. The van der Waals surface area contributed by atoms with E-state index >= 15 is 0 Å². The Hall–Kier alpha value is -0.211. The number of hydrogen-bond donors (Lipinski definition) is 2. The summed E-state index contributed by atoms with van der Waals surface area (Å²) in [5.74, 6) is 0. The summed E-state index contributed by atoms with van der Waals surface area (Å²) in [5.41, 5.74) is 0. The van der Waals surface area contributed by atoms with E-state index in [1.54, 1.807) is 0 Å². The minimum Gasteiger partial charge on any atom is -0.412 e. The van der Waals surface area contributed by atoms with Crippen molar-refractivity contribution in [3.8, 4) is 0 Å². The molecule has 0 atom stereocenters. The maximum atomic E-state index is 6.00. The van der Waals surface area contributed by atoms with Crippen molar-refractivity contribution >= 4 is 0 Å². The molecule has 4 heteroatoms. The first-order valence-corrected chi connectivity index (χ1v) is 0.200. The van der Waals surface area contributed by atoms with Gasteiger partial charge in [-0.15, -0.1) is 0 Å². The molecule has 0 aromatic carbocycles. The number of hydrogen-bond acceptors (Lipinski definition) is 2. The minimum atomic E-state index is 0. The molecule has 4 N–H and O–H groups in total. The largest absolute Gasteiger partial charge is 0.412 e. The van der Waals surface area contributed by atoms with Gasteiger partial charge in [0.25, 0.3) is 0 Å². The van der Waals surface area contributed by atoms with Crippen molar-refractivity contribution in [2.24, 2.45) is 0 Å². The Labute approximate surface area is 23.5 Å². The van der Waals surface area contributed by atoms with Gasteiger partial charge in [-0.2, -0.15) is 0 Å². The standard InChI is InChI=1S/He.H2O2.H2O/c;1-2;/h;1-2H;1H2. The molecule has 0 radical (unpaired) electrons. The van der Waals surface area contributed by atoms with Gasteiger partial charge in [0.2, 0.25) is 0 Å². The number of rotatable bonds is 0. The van der Waals surface area contributed by atoms with Crippen LogP contribution < -0.4 is 0 Å². The van der Waals surface area contributed by atoms with Crippen molar-refractivity contribution in [1.29, 1.82) is 0 Å². The predicted octanol–water partition coefficient (Wildman–Crippen LogP) is -0.807. The zero-order valence-electron chi connectivity index (χ0n) is 2.10. The summed E-state index contributed by atoms with van der Waals surface area (Å²) in [5, 5.41) is 12.0. The molecule has 0 rings (SSSR count). The molecule has 24 valence electrons. The van der Waals surface area contributed by atoms with Crippen molar-refractivity contribution in [2.75, 3.05) is 0 Å². The molecular weight excluding hydrogens is 52.0 g/mol. The average molecular weight is 56.0 g/mol. The molecule has 0 unspecified atom stereocenters. The Morgan fingerprint density at radius 3 is 1.00 bits per heavy atom. The molecule has 0 aliphatic heterocycles. The summed E-state index contributed by atoms with van der Waals surface area (Å²) in [7, 11) is 0. The van der Waals surface area contributed by atoms with Crippen molar-refractivity contribution in [3.05, 3.63) is 0 Å². The van der Waals surface area contributed by atoms with Crippen LogP contribution in [0.4, 0.5) is 0 Å². The van der Waals surface area contributed by atoms with Crippen LogP contribution in [0.3, 0.4) is 0 Å². The normalized spacial score (nSPS) is 1.50. The Morgan fingerprint density at radius 1 is 1.00 bits per heavy atom. The predicted molar refractivity (Wildman–Crippen MR) is 8.87 cm³/mol. The fourth-order valence-corrected chi connectivity index (χ4v) is 0. The van der Waals surface area contributed by atoms with Crippen molar-refractivity contribution < 1.29 is 22.1 Å². The SMILES string of the molecule is O.OO.[He]. The van der Waals surface area contributed by atoms with Crippen LogP contribution in [-0.2, 0) is 0 Å². The third-order valence-electron chi connectivity index (χ3n) is 0. The summed E-state index contributed by atoms with van der Waals surface area (Å²) in [6.07, 6.45) is 0. The monoisotopic (exact) mass is 56.0 g/mol. The zero-order valence-corrected chi connectivity index (χ0v) is 2.10. The van der Waals surface area contributed by atoms with Crippen molar-refractivity contribution in [3.63, 3.8) is 0 Å². The van der Waals surface area contributed by atoms with Crippen LogP contribution in [0.5, 0.6) is 0 Å². The summed E-state index contributed by atoms with van der Waals surface area (Å²) in [6, 6.07) is 0. The van der Waals surface area contributed by atoms with Crippen LogP contribution >= 0.6 is 0 Å². The van der Waals surface area contributed by atoms with Gasteiger partial charge in [0.05, 0.1) is 0 Å². The molecule has 0 amide bonds. The summed E-state index contributed by atoms with van der Waals surface area (Å²) in [6.45, 7) is 0. The zero-order chi connectivity index (χ0) is 2.00. The minimum absolute atomic E-state index is 0. The second-order valence-electron chi connectivity index (χ2n) is 0. The Morgan fingerprint density at radius 2 is 1.00 bits per heavy atom. The smallest absolute Gasteiger partial charge is 0 e. The van der Waals surface area contributed by atoms with Crippen LogP contribution in [0.15, 0.2) is 0 Å². The van der Waals surface area contributed by atoms with Gasteiger partial charge in [0, 0.05) is 6.15 Å². The van der Waals surface area contributed by atoms with Gasteiger partial charge < -0.3 is 5.48 Å². The van der Waals surface area contributed by atoms with Gasteiger partial charge >= 0.3 is 0 Å². The van der Waals surface area contributed by atoms with Gasteiger partial charge in [0.1, 0.15) is 0 Å². The molecule has 0 aliphatic rings. The molecule has 0 saturated carbocycles. The summed E-state index contributed by atoms with van der Waals surface area (Å²) in [4.78, 5) is 0. The topological polar surface area (TPSA) is 72.0 Å². The Bertz CT molecular complexity index is 3.25.